The maximum atomic E-state index is 11.9. The van der Waals surface area contributed by atoms with E-state index in [1.54, 1.807) is 18.3 Å². The molecule has 3 N–H and O–H groups in total. The van der Waals surface area contributed by atoms with Crippen molar-refractivity contribution < 1.29 is 4.79 Å². The van der Waals surface area contributed by atoms with Crippen molar-refractivity contribution in [1.82, 2.24) is 19.7 Å². The zero-order chi connectivity index (χ0) is 15.2. The number of hydrogen-bond acceptors (Lipinski definition) is 6. The van der Waals surface area contributed by atoms with E-state index in [1.807, 2.05) is 11.5 Å². The zero-order valence-corrected chi connectivity index (χ0v) is 13.0. The number of halogens is 1. The summed E-state index contributed by atoms with van der Waals surface area (Å²) in [5.41, 5.74) is 6.04. The lowest BCUT2D eigenvalue weighted by Gasteiger charge is -2.07. The highest BCUT2D eigenvalue weighted by Gasteiger charge is 2.12. The first-order chi connectivity index (χ1) is 10.1. The van der Waals surface area contributed by atoms with Gasteiger partial charge >= 0.3 is 0 Å². The van der Waals surface area contributed by atoms with E-state index < -0.39 is 0 Å². The van der Waals surface area contributed by atoms with Crippen molar-refractivity contribution >= 4 is 35.0 Å². The third-order valence-corrected chi connectivity index (χ3v) is 3.89. The maximum Gasteiger partial charge on any atom is 0.234 e. The number of amides is 1. The van der Waals surface area contributed by atoms with Crippen LogP contribution in [0.25, 0.3) is 0 Å². The molecule has 0 aromatic carbocycles. The Kier molecular flexibility index (Phi) is 5.54. The number of carbonyl (C=O) groups is 1. The lowest BCUT2D eigenvalue weighted by molar-refractivity contribution is -0.113. The highest BCUT2D eigenvalue weighted by Crippen LogP contribution is 2.20. The Balaban J connectivity index is 1.94. The molecule has 112 valence electrons. The summed E-state index contributed by atoms with van der Waals surface area (Å²) in [6.45, 7) is 2.96. The highest BCUT2D eigenvalue weighted by atomic mass is 35.5. The van der Waals surface area contributed by atoms with E-state index in [9.17, 15) is 4.79 Å². The number of carbonyl (C=O) groups excluding carboxylic acids is 1. The minimum atomic E-state index is -0.185. The quantitative estimate of drug-likeness (QED) is 0.613. The van der Waals surface area contributed by atoms with Crippen molar-refractivity contribution in [3.8, 4) is 0 Å². The lowest BCUT2D eigenvalue weighted by Crippen LogP contribution is -2.16. The number of aromatic nitrogens is 4. The molecule has 2 rings (SSSR count). The number of rotatable bonds is 6. The van der Waals surface area contributed by atoms with Gasteiger partial charge in [0.25, 0.3) is 0 Å². The van der Waals surface area contributed by atoms with Gasteiger partial charge in [-0.1, -0.05) is 23.4 Å². The van der Waals surface area contributed by atoms with Crippen molar-refractivity contribution in [2.75, 3.05) is 17.6 Å². The van der Waals surface area contributed by atoms with Crippen LogP contribution in [0.5, 0.6) is 0 Å². The molecule has 0 saturated heterocycles. The summed E-state index contributed by atoms with van der Waals surface area (Å²) in [7, 11) is 0. The van der Waals surface area contributed by atoms with E-state index in [0.29, 0.717) is 23.9 Å². The van der Waals surface area contributed by atoms with E-state index in [4.69, 9.17) is 17.3 Å². The van der Waals surface area contributed by atoms with E-state index in [1.165, 1.54) is 11.8 Å². The molecule has 7 nitrogen and oxygen atoms in total. The summed E-state index contributed by atoms with van der Waals surface area (Å²) in [6, 6.07) is 3.40. The van der Waals surface area contributed by atoms with Crippen LogP contribution in [0, 0.1) is 6.92 Å². The van der Waals surface area contributed by atoms with Crippen LogP contribution in [0.4, 0.5) is 5.69 Å². The molecule has 9 heteroatoms. The fraction of sp³-hybridized carbons (Fsp3) is 0.333. The van der Waals surface area contributed by atoms with Gasteiger partial charge in [-0.2, -0.15) is 0 Å². The molecular weight excluding hydrogens is 312 g/mol. The second kappa shape index (κ2) is 7.39. The molecule has 0 bridgehead atoms. The van der Waals surface area contributed by atoms with E-state index in [-0.39, 0.29) is 16.8 Å². The molecule has 0 unspecified atom stereocenters. The van der Waals surface area contributed by atoms with Gasteiger partial charge in [-0.15, -0.1) is 10.2 Å². The van der Waals surface area contributed by atoms with Gasteiger partial charge in [0.15, 0.2) is 10.3 Å². The molecular formula is C12H15ClN6OS. The number of pyridine rings is 1. The Morgan fingerprint density at radius 1 is 1.52 bits per heavy atom. The SMILES string of the molecule is Cc1nnc(SCC(=O)Nc2cccnc2Cl)n1CCN. The minimum absolute atomic E-state index is 0.185. The van der Waals surface area contributed by atoms with Crippen molar-refractivity contribution in [3.05, 3.63) is 29.3 Å². The third kappa shape index (κ3) is 4.16. The first-order valence-electron chi connectivity index (χ1n) is 6.25. The Hall–Kier alpha value is -1.64. The Labute approximate surface area is 131 Å². The summed E-state index contributed by atoms with van der Waals surface area (Å²) < 4.78 is 1.88. The van der Waals surface area contributed by atoms with Crippen LogP contribution in [0.15, 0.2) is 23.5 Å². The summed E-state index contributed by atoms with van der Waals surface area (Å²) in [6.07, 6.45) is 1.56. The smallest absolute Gasteiger partial charge is 0.234 e. The number of anilines is 1. The molecule has 0 aliphatic rings. The van der Waals surface area contributed by atoms with Crippen LogP contribution >= 0.6 is 23.4 Å². The van der Waals surface area contributed by atoms with Crippen molar-refractivity contribution in [2.24, 2.45) is 5.73 Å². The molecule has 0 radical (unpaired) electrons. The molecule has 0 aliphatic carbocycles. The van der Waals surface area contributed by atoms with Gasteiger partial charge in [0, 0.05) is 19.3 Å². The molecule has 0 aliphatic heterocycles. The van der Waals surface area contributed by atoms with E-state index in [2.05, 4.69) is 20.5 Å². The van der Waals surface area contributed by atoms with Crippen LogP contribution in [0.3, 0.4) is 0 Å². The van der Waals surface area contributed by atoms with Gasteiger partial charge in [-0.05, 0) is 19.1 Å². The molecule has 0 saturated carbocycles. The second-order valence-corrected chi connectivity index (χ2v) is 5.45. The standard InChI is InChI=1S/C12H15ClN6OS/c1-8-17-18-12(19(8)6-4-14)21-7-10(20)16-9-3-2-5-15-11(9)13/h2-3,5H,4,6-7,14H2,1H3,(H,16,20). The first-order valence-corrected chi connectivity index (χ1v) is 7.61. The van der Waals surface area contributed by atoms with Gasteiger partial charge in [-0.3, -0.25) is 4.79 Å². The molecule has 0 atom stereocenters. The molecule has 21 heavy (non-hydrogen) atoms. The van der Waals surface area contributed by atoms with Gasteiger partial charge in [0.05, 0.1) is 11.4 Å². The Morgan fingerprint density at radius 3 is 3.05 bits per heavy atom. The number of nitrogens with one attached hydrogen (secondary N) is 1. The monoisotopic (exact) mass is 326 g/mol. The maximum absolute atomic E-state index is 11.9. The third-order valence-electron chi connectivity index (χ3n) is 2.62. The highest BCUT2D eigenvalue weighted by molar-refractivity contribution is 7.99. The van der Waals surface area contributed by atoms with Gasteiger partial charge < -0.3 is 15.6 Å². The molecule has 2 aromatic heterocycles. The lowest BCUT2D eigenvalue weighted by atomic mass is 10.4. The first kappa shape index (κ1) is 15.7. The predicted molar refractivity (Wildman–Crippen MR) is 82.4 cm³/mol. The van der Waals surface area contributed by atoms with Crippen molar-refractivity contribution in [3.63, 3.8) is 0 Å². The molecule has 2 aromatic rings. The molecule has 2 heterocycles. The normalized spacial score (nSPS) is 10.6. The largest absolute Gasteiger partial charge is 0.329 e. The molecule has 1 amide bonds. The van der Waals surface area contributed by atoms with Crippen LogP contribution < -0.4 is 11.1 Å². The van der Waals surface area contributed by atoms with Gasteiger partial charge in [-0.25, -0.2) is 4.98 Å². The summed E-state index contributed by atoms with van der Waals surface area (Å²) in [5, 5.41) is 11.7. The van der Waals surface area contributed by atoms with Crippen molar-refractivity contribution in [1.29, 1.82) is 0 Å². The van der Waals surface area contributed by atoms with Crippen molar-refractivity contribution in [2.45, 2.75) is 18.6 Å². The topological polar surface area (TPSA) is 98.7 Å². The van der Waals surface area contributed by atoms with E-state index in [0.717, 1.165) is 5.82 Å². The Morgan fingerprint density at radius 2 is 2.33 bits per heavy atom. The Bertz CT molecular complexity index is 632. The summed E-state index contributed by atoms with van der Waals surface area (Å²) >= 11 is 7.18. The second-order valence-electron chi connectivity index (χ2n) is 4.15. The number of nitrogens with two attached hydrogens (primary N) is 1. The van der Waals surface area contributed by atoms with Crippen LogP contribution in [-0.2, 0) is 11.3 Å². The minimum Gasteiger partial charge on any atom is -0.329 e. The average molecular weight is 327 g/mol. The number of thioether (sulfide) groups is 1. The molecule has 0 spiro atoms. The summed E-state index contributed by atoms with van der Waals surface area (Å²) in [5.74, 6) is 0.794. The van der Waals surface area contributed by atoms with Crippen LogP contribution in [0.2, 0.25) is 5.15 Å². The summed E-state index contributed by atoms with van der Waals surface area (Å²) in [4.78, 5) is 15.8. The zero-order valence-electron chi connectivity index (χ0n) is 11.4. The van der Waals surface area contributed by atoms with Gasteiger partial charge in [0.2, 0.25) is 5.91 Å². The number of hydrogen-bond donors (Lipinski definition) is 2. The molecule has 0 fully saturated rings. The van der Waals surface area contributed by atoms with Crippen LogP contribution in [-0.4, -0.2) is 38.0 Å². The number of aryl methyl sites for hydroxylation is 1. The predicted octanol–water partition coefficient (Wildman–Crippen LogP) is 1.32. The van der Waals surface area contributed by atoms with E-state index >= 15 is 0 Å². The fourth-order valence-electron chi connectivity index (χ4n) is 1.65. The fourth-order valence-corrected chi connectivity index (χ4v) is 2.63. The average Bonchev–Trinajstić information content (AvgIpc) is 2.81. The van der Waals surface area contributed by atoms with Crippen LogP contribution in [0.1, 0.15) is 5.82 Å². The van der Waals surface area contributed by atoms with Gasteiger partial charge in [0.1, 0.15) is 5.82 Å². The number of nitrogens with zero attached hydrogens (tertiary/aromatic N) is 4.